The summed E-state index contributed by atoms with van der Waals surface area (Å²) in [5.41, 5.74) is -9.44. The Morgan fingerprint density at radius 2 is 1.15 bits per heavy atom. The molecule has 0 bridgehead atoms. The fraction of sp³-hybridized carbons (Fsp3) is 0.306. The number of carboxylic acid groups (broad SMARTS) is 1. The normalized spacial score (nSPS) is 19.5. The number of halogens is 14. The van der Waals surface area contributed by atoms with Crippen molar-refractivity contribution in [2.45, 2.75) is 68.1 Å². The summed E-state index contributed by atoms with van der Waals surface area (Å²) < 4.78 is 178. The Morgan fingerprint density at radius 1 is 0.709 bits per heavy atom. The Morgan fingerprint density at radius 3 is 1.51 bits per heavy atom. The van der Waals surface area contributed by atoms with Crippen molar-refractivity contribution in [2.75, 3.05) is 5.32 Å². The van der Waals surface area contributed by atoms with Crippen LogP contribution in [0.4, 0.5) is 62.8 Å². The molecule has 0 spiro atoms. The summed E-state index contributed by atoms with van der Waals surface area (Å²) in [6.07, 6.45) is -20.5. The number of anilines is 1. The van der Waals surface area contributed by atoms with Crippen molar-refractivity contribution < 1.29 is 73.1 Å². The van der Waals surface area contributed by atoms with Gasteiger partial charge in [-0.05, 0) is 109 Å². The third kappa shape index (κ3) is 8.84. The second kappa shape index (κ2) is 14.0. The zero-order chi connectivity index (χ0) is 42.0. The van der Waals surface area contributed by atoms with Gasteiger partial charge in [0.1, 0.15) is 11.0 Å². The highest BCUT2D eigenvalue weighted by Crippen LogP contribution is 2.52. The monoisotopic (exact) mass is 815 g/mol. The maximum atomic E-state index is 13.6. The average Bonchev–Trinajstić information content (AvgIpc) is 4.00. The quantitative estimate of drug-likeness (QED) is 0.150. The van der Waals surface area contributed by atoms with E-state index in [1.165, 1.54) is 30.5 Å². The van der Waals surface area contributed by atoms with Crippen molar-refractivity contribution in [1.29, 1.82) is 0 Å². The number of alkyl halides is 12. The molecule has 55 heavy (non-hydrogen) atoms. The number of aliphatic carboxylic acids is 1. The highest BCUT2D eigenvalue weighted by Gasteiger charge is 2.54. The van der Waals surface area contributed by atoms with E-state index in [0.29, 0.717) is 41.0 Å². The highest BCUT2D eigenvalue weighted by atomic mass is 35.5. The summed E-state index contributed by atoms with van der Waals surface area (Å²) in [6, 6.07) is 7.06. The number of hydrogen-bond acceptors (Lipinski definition) is 3. The summed E-state index contributed by atoms with van der Waals surface area (Å²) in [4.78, 5) is 28.3. The van der Waals surface area contributed by atoms with Crippen LogP contribution in [0.15, 0.2) is 66.9 Å². The van der Waals surface area contributed by atoms with E-state index < -0.39 is 93.0 Å². The fourth-order valence-electron chi connectivity index (χ4n) is 5.76. The zero-order valence-corrected chi connectivity index (χ0v) is 28.3. The largest absolute Gasteiger partial charge is 0.481 e. The standard InChI is InChI=1S/C24H16ClF7N2O.C12H8F6O2/c1-12-6-16(26)2-3-17(12)18-10-20(25)33-11-19(18)34-21(35)22(4-5-22)13-7-14(23(27,28)29)9-15(8-13)24(30,31)32;13-11(14,15)7-3-6(10(1-2-10)9(19)20)4-8(5-7)12(16,17)18/h2-3,6-11H,4-5H2,1H3,(H,34,35);3-5H,1-2H2,(H,19,20)/i4D;. The highest BCUT2D eigenvalue weighted by molar-refractivity contribution is 6.29. The molecule has 0 radical (unpaired) electrons. The van der Waals surface area contributed by atoms with Crippen LogP contribution in [-0.2, 0) is 45.1 Å². The molecule has 2 atom stereocenters. The number of aromatic nitrogens is 1. The smallest absolute Gasteiger partial charge is 0.416 e. The van der Waals surface area contributed by atoms with E-state index in [-0.39, 0.29) is 42.2 Å². The van der Waals surface area contributed by atoms with Crippen LogP contribution in [0.3, 0.4) is 0 Å². The lowest BCUT2D eigenvalue weighted by atomic mass is 9.90. The number of rotatable bonds is 6. The molecule has 4 aromatic rings. The molecule has 1 heterocycles. The van der Waals surface area contributed by atoms with E-state index in [9.17, 15) is 66.7 Å². The predicted octanol–water partition coefficient (Wildman–Crippen LogP) is 11.4. The number of pyridine rings is 1. The number of carbonyl (C=O) groups is 2. The van der Waals surface area contributed by atoms with Crippen LogP contribution in [0, 0.1) is 12.7 Å². The second-order valence-corrected chi connectivity index (χ2v) is 13.2. The Kier molecular flexibility index (Phi) is 10.1. The number of carbonyl (C=O) groups excluding carboxylic acids is 1. The van der Waals surface area contributed by atoms with Crippen LogP contribution < -0.4 is 5.32 Å². The minimum Gasteiger partial charge on any atom is -0.481 e. The van der Waals surface area contributed by atoms with E-state index in [4.69, 9.17) is 18.1 Å². The van der Waals surface area contributed by atoms with Gasteiger partial charge in [-0.3, -0.25) is 9.59 Å². The molecule has 3 aromatic carbocycles. The van der Waals surface area contributed by atoms with Crippen molar-refractivity contribution >= 4 is 29.2 Å². The van der Waals surface area contributed by atoms with Gasteiger partial charge in [-0.25, -0.2) is 9.37 Å². The number of nitrogens with zero attached hydrogens (tertiary/aromatic N) is 1. The summed E-state index contributed by atoms with van der Waals surface area (Å²) in [5.74, 6) is -2.90. The predicted molar refractivity (Wildman–Crippen MR) is 170 cm³/mol. The van der Waals surface area contributed by atoms with Gasteiger partial charge in [0, 0.05) is 6.93 Å². The van der Waals surface area contributed by atoms with Gasteiger partial charge in [-0.2, -0.15) is 52.7 Å². The molecule has 1 amide bonds. The number of amides is 1. The van der Waals surface area contributed by atoms with Gasteiger partial charge in [-0.15, -0.1) is 0 Å². The molecule has 2 aliphatic carbocycles. The van der Waals surface area contributed by atoms with E-state index in [1.54, 1.807) is 6.92 Å². The van der Waals surface area contributed by atoms with Crippen LogP contribution in [0.5, 0.6) is 0 Å². The van der Waals surface area contributed by atoms with Crippen molar-refractivity contribution in [3.05, 3.63) is 117 Å². The molecule has 19 heteroatoms. The number of carboxylic acids is 1. The average molecular weight is 816 g/mol. The fourth-order valence-corrected chi connectivity index (χ4v) is 5.92. The second-order valence-electron chi connectivity index (χ2n) is 12.8. The lowest BCUT2D eigenvalue weighted by Gasteiger charge is -2.21. The molecular formula is C36H24ClF13N2O3. The van der Waals surface area contributed by atoms with Gasteiger partial charge in [0.05, 0.1) is 45.0 Å². The van der Waals surface area contributed by atoms with Gasteiger partial charge in [-0.1, -0.05) is 17.7 Å². The molecule has 0 aliphatic heterocycles. The van der Waals surface area contributed by atoms with Crippen LogP contribution in [-0.4, -0.2) is 22.0 Å². The molecule has 0 saturated heterocycles. The minimum absolute atomic E-state index is 0.0125. The third-order valence-corrected chi connectivity index (χ3v) is 9.22. The van der Waals surface area contributed by atoms with Crippen LogP contribution >= 0.6 is 11.6 Å². The Bertz CT molecular complexity index is 2130. The maximum absolute atomic E-state index is 13.6. The van der Waals surface area contributed by atoms with E-state index >= 15 is 0 Å². The molecule has 1 aromatic heterocycles. The SMILES string of the molecule is O=C(O)C1(c2cc(C(F)(F)F)cc(C(F)(F)F)c2)CC1.[2H]C1CC1(C(=O)Nc1cnc(Cl)cc1-c1ccc(F)cc1C)c1cc(C(F)(F)F)cc(C(F)(F)F)c1. The van der Waals surface area contributed by atoms with Crippen molar-refractivity contribution in [2.24, 2.45) is 0 Å². The molecule has 2 aliphatic rings. The first-order valence-electron chi connectivity index (χ1n) is 16.2. The lowest BCUT2D eigenvalue weighted by molar-refractivity contribution is -0.145. The van der Waals surface area contributed by atoms with Gasteiger partial charge >= 0.3 is 30.7 Å². The first-order chi connectivity index (χ1) is 25.6. The number of aryl methyl sites for hydroxylation is 1. The molecule has 5 nitrogen and oxygen atoms in total. The van der Waals surface area contributed by atoms with Crippen molar-refractivity contribution in [3.63, 3.8) is 0 Å². The van der Waals surface area contributed by atoms with Crippen LogP contribution in [0.2, 0.25) is 5.15 Å². The molecule has 6 rings (SSSR count). The molecule has 294 valence electrons. The summed E-state index contributed by atoms with van der Waals surface area (Å²) >= 11 is 5.99. The summed E-state index contributed by atoms with van der Waals surface area (Å²) in [5, 5.41) is 11.5. The van der Waals surface area contributed by atoms with E-state index in [0.717, 1.165) is 0 Å². The first kappa shape index (κ1) is 39.8. The maximum Gasteiger partial charge on any atom is 0.416 e. The molecule has 2 unspecified atom stereocenters. The van der Waals surface area contributed by atoms with Crippen molar-refractivity contribution in [3.8, 4) is 11.1 Å². The van der Waals surface area contributed by atoms with Crippen molar-refractivity contribution in [1.82, 2.24) is 4.98 Å². The third-order valence-electron chi connectivity index (χ3n) is 9.02. The van der Waals surface area contributed by atoms with Gasteiger partial charge < -0.3 is 10.4 Å². The molecule has 2 saturated carbocycles. The van der Waals surface area contributed by atoms with Crippen LogP contribution in [0.25, 0.3) is 11.1 Å². The summed E-state index contributed by atoms with van der Waals surface area (Å²) in [7, 11) is 0. The van der Waals surface area contributed by atoms with Gasteiger partial charge in [0.25, 0.3) is 0 Å². The molecule has 2 fully saturated rings. The number of nitrogens with one attached hydrogen (secondary N) is 1. The Balaban J connectivity index is 0.000000253. The van der Waals surface area contributed by atoms with Crippen LogP contribution in [0.1, 0.15) is 66.0 Å². The zero-order valence-electron chi connectivity index (χ0n) is 28.6. The summed E-state index contributed by atoms with van der Waals surface area (Å²) in [6.45, 7) is 1.60. The van der Waals surface area contributed by atoms with Gasteiger partial charge in [0.15, 0.2) is 0 Å². The Hall–Kier alpha value is -4.87. The molecular weight excluding hydrogens is 791 g/mol. The molecule has 2 N–H and O–H groups in total. The van der Waals surface area contributed by atoms with E-state index in [1.807, 2.05) is 0 Å². The lowest BCUT2D eigenvalue weighted by Crippen LogP contribution is -2.29. The number of benzene rings is 3. The first-order valence-corrected chi connectivity index (χ1v) is 16.0. The Labute approximate surface area is 308 Å². The topological polar surface area (TPSA) is 79.3 Å². The van der Waals surface area contributed by atoms with E-state index in [2.05, 4.69) is 10.3 Å². The minimum atomic E-state index is -5.10. The van der Waals surface area contributed by atoms with Gasteiger partial charge in [0.2, 0.25) is 5.91 Å². The number of hydrogen-bond donors (Lipinski definition) is 2.